The van der Waals surface area contributed by atoms with Crippen molar-refractivity contribution in [2.75, 3.05) is 0 Å². The molecule has 2 aromatic carbocycles. The molecule has 2 aromatic rings. The molecule has 0 heterocycles. The molecule has 3 nitrogen and oxygen atoms in total. The van der Waals surface area contributed by atoms with Crippen molar-refractivity contribution in [3.63, 3.8) is 0 Å². The predicted molar refractivity (Wildman–Crippen MR) is 88.0 cm³/mol. The van der Waals surface area contributed by atoms with Gasteiger partial charge in [0, 0.05) is 13.0 Å². The van der Waals surface area contributed by atoms with Crippen molar-refractivity contribution in [3.8, 4) is 0 Å². The highest BCUT2D eigenvalue weighted by molar-refractivity contribution is 6.36. The molecule has 138 valence electrons. The SMILES string of the molecule is O=C(CCc1ccc(F)cc1)C(=O)NCc1ccc(Cl)c(C(F)(F)F)c1. The largest absolute Gasteiger partial charge is 0.417 e. The number of rotatable bonds is 6. The highest BCUT2D eigenvalue weighted by Gasteiger charge is 2.33. The molecule has 0 aliphatic carbocycles. The Bertz CT molecular complexity index is 804. The highest BCUT2D eigenvalue weighted by atomic mass is 35.5. The Morgan fingerprint density at radius 3 is 2.23 bits per heavy atom. The summed E-state index contributed by atoms with van der Waals surface area (Å²) in [5.41, 5.74) is -0.143. The lowest BCUT2D eigenvalue weighted by Gasteiger charge is -2.11. The van der Waals surface area contributed by atoms with E-state index in [2.05, 4.69) is 5.32 Å². The molecular formula is C18H14ClF4NO2. The Hall–Kier alpha value is -2.41. The predicted octanol–water partition coefficient (Wildman–Crippen LogP) is 4.32. The van der Waals surface area contributed by atoms with Crippen molar-refractivity contribution < 1.29 is 27.2 Å². The summed E-state index contributed by atoms with van der Waals surface area (Å²) in [4.78, 5) is 23.6. The van der Waals surface area contributed by atoms with Crippen LogP contribution in [0.2, 0.25) is 5.02 Å². The van der Waals surface area contributed by atoms with Crippen LogP contribution in [0.5, 0.6) is 0 Å². The second-order valence-corrected chi connectivity index (χ2v) is 5.95. The number of carbonyl (C=O) groups is 2. The standard InChI is InChI=1S/C18H14ClF4NO2/c19-15-7-3-12(9-14(15)18(21,22)23)10-24-17(26)16(25)8-4-11-1-5-13(20)6-2-11/h1-3,5-7,9H,4,8,10H2,(H,24,26). The normalized spacial score (nSPS) is 11.3. The lowest BCUT2D eigenvalue weighted by Crippen LogP contribution is -2.30. The zero-order valence-corrected chi connectivity index (χ0v) is 14.1. The van der Waals surface area contributed by atoms with E-state index in [1.54, 1.807) is 0 Å². The molecule has 26 heavy (non-hydrogen) atoms. The number of alkyl halides is 3. The third-order valence-electron chi connectivity index (χ3n) is 3.60. The van der Waals surface area contributed by atoms with Gasteiger partial charge in [0.25, 0.3) is 5.91 Å². The van der Waals surface area contributed by atoms with Gasteiger partial charge in [-0.25, -0.2) is 4.39 Å². The number of nitrogens with one attached hydrogen (secondary N) is 1. The van der Waals surface area contributed by atoms with Gasteiger partial charge < -0.3 is 5.32 Å². The summed E-state index contributed by atoms with van der Waals surface area (Å²) in [6, 6.07) is 8.76. The van der Waals surface area contributed by atoms with E-state index in [0.717, 1.165) is 12.1 Å². The van der Waals surface area contributed by atoms with Crippen molar-refractivity contribution in [1.29, 1.82) is 0 Å². The first-order valence-corrected chi connectivity index (χ1v) is 7.95. The van der Waals surface area contributed by atoms with Crippen LogP contribution < -0.4 is 5.32 Å². The van der Waals surface area contributed by atoms with Crippen LogP contribution in [0.4, 0.5) is 17.6 Å². The van der Waals surface area contributed by atoms with Crippen molar-refractivity contribution in [3.05, 3.63) is 70.0 Å². The van der Waals surface area contributed by atoms with Crippen molar-refractivity contribution in [1.82, 2.24) is 5.32 Å². The van der Waals surface area contributed by atoms with E-state index in [1.807, 2.05) is 0 Å². The van der Waals surface area contributed by atoms with Crippen LogP contribution >= 0.6 is 11.6 Å². The van der Waals surface area contributed by atoms with Crippen LogP contribution in [0.25, 0.3) is 0 Å². The van der Waals surface area contributed by atoms with E-state index in [4.69, 9.17) is 11.6 Å². The topological polar surface area (TPSA) is 46.2 Å². The summed E-state index contributed by atoms with van der Waals surface area (Å²) in [5.74, 6) is -2.01. The summed E-state index contributed by atoms with van der Waals surface area (Å²) in [6.07, 6.45) is -4.44. The number of aryl methyl sites for hydroxylation is 1. The van der Waals surface area contributed by atoms with Gasteiger partial charge in [-0.05, 0) is 41.8 Å². The summed E-state index contributed by atoms with van der Waals surface area (Å²) in [7, 11) is 0. The summed E-state index contributed by atoms with van der Waals surface area (Å²) < 4.78 is 51.2. The van der Waals surface area contributed by atoms with Gasteiger partial charge in [-0.2, -0.15) is 13.2 Å². The number of hydrogen-bond donors (Lipinski definition) is 1. The smallest absolute Gasteiger partial charge is 0.345 e. The van der Waals surface area contributed by atoms with E-state index in [-0.39, 0.29) is 24.9 Å². The zero-order valence-electron chi connectivity index (χ0n) is 13.4. The average molecular weight is 388 g/mol. The maximum atomic E-state index is 12.8. The van der Waals surface area contributed by atoms with Gasteiger partial charge in [0.05, 0.1) is 10.6 Å². The average Bonchev–Trinajstić information content (AvgIpc) is 2.59. The third-order valence-corrected chi connectivity index (χ3v) is 3.93. The minimum atomic E-state index is -4.61. The molecule has 0 unspecified atom stereocenters. The summed E-state index contributed by atoms with van der Waals surface area (Å²) in [6.45, 7) is -0.235. The molecule has 1 N–H and O–H groups in total. The first-order chi connectivity index (χ1) is 12.2. The molecule has 0 saturated heterocycles. The van der Waals surface area contributed by atoms with Gasteiger partial charge in [0.2, 0.25) is 5.78 Å². The van der Waals surface area contributed by atoms with Gasteiger partial charge >= 0.3 is 6.18 Å². The van der Waals surface area contributed by atoms with E-state index < -0.39 is 34.3 Å². The molecule has 0 aliphatic heterocycles. The van der Waals surface area contributed by atoms with E-state index in [9.17, 15) is 27.2 Å². The Morgan fingerprint density at radius 1 is 1.00 bits per heavy atom. The fourth-order valence-electron chi connectivity index (χ4n) is 2.20. The molecule has 0 bridgehead atoms. The molecule has 0 saturated carbocycles. The van der Waals surface area contributed by atoms with Gasteiger partial charge in [0.15, 0.2) is 0 Å². The van der Waals surface area contributed by atoms with E-state index >= 15 is 0 Å². The molecule has 8 heteroatoms. The number of Topliss-reactive ketones (excluding diaryl/α,β-unsaturated/α-hetero) is 1. The van der Waals surface area contributed by atoms with E-state index in [1.165, 1.54) is 30.3 Å². The third kappa shape index (κ3) is 5.56. The number of carbonyl (C=O) groups excluding carboxylic acids is 2. The second kappa shape index (κ2) is 8.31. The highest BCUT2D eigenvalue weighted by Crippen LogP contribution is 2.35. The van der Waals surface area contributed by atoms with Crippen molar-refractivity contribution in [2.45, 2.75) is 25.6 Å². The molecule has 2 rings (SSSR count). The van der Waals surface area contributed by atoms with Crippen molar-refractivity contribution in [2.24, 2.45) is 0 Å². The molecule has 1 amide bonds. The minimum Gasteiger partial charge on any atom is -0.345 e. The lowest BCUT2D eigenvalue weighted by molar-refractivity contribution is -0.138. The van der Waals surface area contributed by atoms with Crippen LogP contribution in [0, 0.1) is 5.82 Å². The van der Waals surface area contributed by atoms with Gasteiger partial charge in [-0.1, -0.05) is 29.8 Å². The van der Waals surface area contributed by atoms with Crippen LogP contribution in [0.3, 0.4) is 0 Å². The molecule has 0 spiro atoms. The first-order valence-electron chi connectivity index (χ1n) is 7.58. The minimum absolute atomic E-state index is 0.0914. The van der Waals surface area contributed by atoms with Gasteiger partial charge in [-0.15, -0.1) is 0 Å². The maximum Gasteiger partial charge on any atom is 0.417 e. The van der Waals surface area contributed by atoms with Crippen LogP contribution in [-0.2, 0) is 28.7 Å². The molecule has 0 fully saturated rings. The maximum absolute atomic E-state index is 12.8. The summed E-state index contributed by atoms with van der Waals surface area (Å²) >= 11 is 5.52. The number of hydrogen-bond acceptors (Lipinski definition) is 2. The number of halogens is 5. The summed E-state index contributed by atoms with van der Waals surface area (Å²) in [5, 5.41) is 1.84. The lowest BCUT2D eigenvalue weighted by atomic mass is 10.1. The Kier molecular flexibility index (Phi) is 6.37. The molecule has 0 aromatic heterocycles. The van der Waals surface area contributed by atoms with E-state index in [0.29, 0.717) is 5.56 Å². The number of amides is 1. The molecular weight excluding hydrogens is 374 g/mol. The second-order valence-electron chi connectivity index (χ2n) is 5.54. The fraction of sp³-hybridized carbons (Fsp3) is 0.222. The number of benzene rings is 2. The monoisotopic (exact) mass is 387 g/mol. The molecule has 0 aliphatic rings. The van der Waals surface area contributed by atoms with Crippen LogP contribution in [0.15, 0.2) is 42.5 Å². The molecule has 0 radical (unpaired) electrons. The zero-order chi connectivity index (χ0) is 19.3. The van der Waals surface area contributed by atoms with Crippen molar-refractivity contribution >= 4 is 23.3 Å². The fourth-order valence-corrected chi connectivity index (χ4v) is 2.43. The first kappa shape index (κ1) is 19.9. The quantitative estimate of drug-likeness (QED) is 0.593. The number of ketones is 1. The van der Waals surface area contributed by atoms with Gasteiger partial charge in [0.1, 0.15) is 5.82 Å². The Morgan fingerprint density at radius 2 is 1.62 bits per heavy atom. The van der Waals surface area contributed by atoms with Gasteiger partial charge in [-0.3, -0.25) is 9.59 Å². The Labute approximate surface area is 152 Å². The van der Waals surface area contributed by atoms with Crippen LogP contribution in [-0.4, -0.2) is 11.7 Å². The Balaban J connectivity index is 1.89. The molecule has 0 atom stereocenters. The van der Waals surface area contributed by atoms with Crippen LogP contribution in [0.1, 0.15) is 23.1 Å².